The molecule has 8 nitrogen and oxygen atoms in total. The molecule has 0 spiro atoms. The molecular formula is C22H36IN5O3. The van der Waals surface area contributed by atoms with Crippen LogP contribution >= 0.6 is 24.0 Å². The van der Waals surface area contributed by atoms with Crippen LogP contribution < -0.4 is 5.32 Å². The van der Waals surface area contributed by atoms with Gasteiger partial charge in [0.25, 0.3) is 5.91 Å². The molecule has 1 aromatic heterocycles. The fraction of sp³-hybridized carbons (Fsp3) is 0.727. The zero-order valence-corrected chi connectivity index (χ0v) is 20.8. The second kappa shape index (κ2) is 12.1. The van der Waals surface area contributed by atoms with Crippen LogP contribution in [-0.2, 0) is 9.53 Å². The van der Waals surface area contributed by atoms with Crippen LogP contribution in [-0.4, -0.2) is 91.6 Å². The molecule has 4 rings (SSSR count). The minimum Gasteiger partial charge on any atom is -0.468 e. The minimum atomic E-state index is -0.229. The van der Waals surface area contributed by atoms with Gasteiger partial charge >= 0.3 is 0 Å². The number of hydrogen-bond acceptors (Lipinski definition) is 5. The molecule has 0 aliphatic carbocycles. The van der Waals surface area contributed by atoms with Crippen molar-refractivity contribution in [2.24, 2.45) is 4.99 Å². The molecule has 3 aliphatic rings. The van der Waals surface area contributed by atoms with E-state index in [0.717, 1.165) is 70.4 Å². The van der Waals surface area contributed by atoms with E-state index in [4.69, 9.17) is 14.1 Å². The Morgan fingerprint density at radius 1 is 1.16 bits per heavy atom. The maximum Gasteiger partial charge on any atom is 0.251 e. The van der Waals surface area contributed by atoms with Gasteiger partial charge in [0.1, 0.15) is 11.9 Å². The molecule has 2 atom stereocenters. The number of nitrogens with zero attached hydrogens (tertiary/aromatic N) is 4. The SMILES string of the molecule is CCNC(=NCC(c1ccco1)N1CCCC1)N1CCN(C(=O)C2CCCO2)CC1.I. The summed E-state index contributed by atoms with van der Waals surface area (Å²) in [6, 6.07) is 4.19. The standard InChI is InChI=1S/C22H35N5O3.HI/c1-2-23-22(24-17-18(19-7-5-15-29-19)25-9-3-4-10-25)27-13-11-26(12-14-27)21(28)20-8-6-16-30-20;/h5,7,15,18,20H,2-4,6,8-14,16-17H2,1H3,(H,23,24);1H. The van der Waals surface area contributed by atoms with Gasteiger partial charge in [0.15, 0.2) is 5.96 Å². The van der Waals surface area contributed by atoms with Gasteiger partial charge < -0.3 is 24.3 Å². The van der Waals surface area contributed by atoms with Gasteiger partial charge in [-0.2, -0.15) is 0 Å². The van der Waals surface area contributed by atoms with Crippen molar-refractivity contribution in [2.45, 2.75) is 44.8 Å². The summed E-state index contributed by atoms with van der Waals surface area (Å²) in [5, 5.41) is 3.44. The summed E-state index contributed by atoms with van der Waals surface area (Å²) in [6.45, 7) is 9.52. The van der Waals surface area contributed by atoms with E-state index >= 15 is 0 Å². The van der Waals surface area contributed by atoms with E-state index in [9.17, 15) is 4.79 Å². The van der Waals surface area contributed by atoms with Crippen LogP contribution in [0.3, 0.4) is 0 Å². The van der Waals surface area contributed by atoms with Gasteiger partial charge in [-0.1, -0.05) is 0 Å². The molecule has 0 bridgehead atoms. The maximum atomic E-state index is 12.6. The summed E-state index contributed by atoms with van der Waals surface area (Å²) in [7, 11) is 0. The Kier molecular flexibility index (Phi) is 9.46. The number of halogens is 1. The van der Waals surface area contributed by atoms with Crippen LogP contribution in [0.15, 0.2) is 27.8 Å². The molecule has 4 heterocycles. The Hall–Kier alpha value is -1.33. The first-order chi connectivity index (χ1) is 14.8. The number of ether oxygens (including phenoxy) is 1. The van der Waals surface area contributed by atoms with E-state index in [1.165, 1.54) is 12.8 Å². The van der Waals surface area contributed by atoms with Crippen molar-refractivity contribution in [1.82, 2.24) is 20.0 Å². The zero-order valence-electron chi connectivity index (χ0n) is 18.5. The van der Waals surface area contributed by atoms with Crippen molar-refractivity contribution in [1.29, 1.82) is 0 Å². The van der Waals surface area contributed by atoms with Crippen molar-refractivity contribution in [3.05, 3.63) is 24.2 Å². The third-order valence-electron chi connectivity index (χ3n) is 6.30. The highest BCUT2D eigenvalue weighted by Crippen LogP contribution is 2.26. The lowest BCUT2D eigenvalue weighted by molar-refractivity contribution is -0.142. The number of aliphatic imine (C=N–C) groups is 1. The molecule has 31 heavy (non-hydrogen) atoms. The van der Waals surface area contributed by atoms with E-state index in [2.05, 4.69) is 28.1 Å². The summed E-state index contributed by atoms with van der Waals surface area (Å²) >= 11 is 0. The van der Waals surface area contributed by atoms with Crippen molar-refractivity contribution in [2.75, 3.05) is 59.0 Å². The molecule has 3 fully saturated rings. The van der Waals surface area contributed by atoms with E-state index in [-0.39, 0.29) is 42.0 Å². The molecular weight excluding hydrogens is 509 g/mol. The number of furan rings is 1. The Morgan fingerprint density at radius 2 is 1.90 bits per heavy atom. The molecule has 3 saturated heterocycles. The molecule has 1 N–H and O–H groups in total. The van der Waals surface area contributed by atoms with Crippen LogP contribution in [0, 0.1) is 0 Å². The molecule has 174 valence electrons. The largest absolute Gasteiger partial charge is 0.468 e. The fourth-order valence-electron chi connectivity index (χ4n) is 4.63. The first kappa shape index (κ1) is 24.3. The van der Waals surface area contributed by atoms with Gasteiger partial charge in [0, 0.05) is 39.3 Å². The Morgan fingerprint density at radius 3 is 2.52 bits per heavy atom. The smallest absolute Gasteiger partial charge is 0.251 e. The number of guanidine groups is 1. The van der Waals surface area contributed by atoms with E-state index < -0.39 is 0 Å². The van der Waals surface area contributed by atoms with Gasteiger partial charge in [0.05, 0.1) is 18.8 Å². The number of hydrogen-bond donors (Lipinski definition) is 1. The summed E-state index contributed by atoms with van der Waals surface area (Å²) in [6.07, 6.45) is 5.84. The molecule has 0 radical (unpaired) electrons. The number of likely N-dealkylation sites (tertiary alicyclic amines) is 1. The van der Waals surface area contributed by atoms with E-state index in [1.807, 2.05) is 11.0 Å². The monoisotopic (exact) mass is 545 g/mol. The van der Waals surface area contributed by atoms with Crippen LogP contribution in [0.1, 0.15) is 44.4 Å². The Labute approximate surface area is 202 Å². The second-order valence-electron chi connectivity index (χ2n) is 8.28. The first-order valence-electron chi connectivity index (χ1n) is 11.5. The molecule has 9 heteroatoms. The number of carbonyl (C=O) groups is 1. The number of piperazine rings is 1. The summed E-state index contributed by atoms with van der Waals surface area (Å²) in [5.41, 5.74) is 0. The van der Waals surface area contributed by atoms with Crippen molar-refractivity contribution in [3.63, 3.8) is 0 Å². The molecule has 1 aromatic rings. The lowest BCUT2D eigenvalue weighted by Gasteiger charge is -2.37. The highest BCUT2D eigenvalue weighted by Gasteiger charge is 2.31. The lowest BCUT2D eigenvalue weighted by atomic mass is 10.2. The van der Waals surface area contributed by atoms with E-state index in [0.29, 0.717) is 13.2 Å². The lowest BCUT2D eigenvalue weighted by Crippen LogP contribution is -2.55. The van der Waals surface area contributed by atoms with Gasteiger partial charge in [-0.3, -0.25) is 14.7 Å². The highest BCUT2D eigenvalue weighted by molar-refractivity contribution is 14.0. The zero-order chi connectivity index (χ0) is 20.8. The molecule has 3 aliphatic heterocycles. The van der Waals surface area contributed by atoms with Gasteiger partial charge in [0.2, 0.25) is 0 Å². The fourth-order valence-corrected chi connectivity index (χ4v) is 4.63. The number of amides is 1. The van der Waals surface area contributed by atoms with Crippen LogP contribution in [0.2, 0.25) is 0 Å². The van der Waals surface area contributed by atoms with Crippen LogP contribution in [0.5, 0.6) is 0 Å². The summed E-state index contributed by atoms with van der Waals surface area (Å²) < 4.78 is 11.3. The molecule has 1 amide bonds. The molecule has 0 saturated carbocycles. The molecule has 2 unspecified atom stereocenters. The number of carbonyl (C=O) groups excluding carboxylic acids is 1. The quantitative estimate of drug-likeness (QED) is 0.336. The van der Waals surface area contributed by atoms with Crippen molar-refractivity contribution >= 4 is 35.8 Å². The van der Waals surface area contributed by atoms with Crippen molar-refractivity contribution < 1.29 is 13.9 Å². The average Bonchev–Trinajstić information content (AvgIpc) is 3.56. The number of nitrogens with one attached hydrogen (secondary N) is 1. The molecule has 0 aromatic carbocycles. The summed E-state index contributed by atoms with van der Waals surface area (Å²) in [4.78, 5) is 24.3. The minimum absolute atomic E-state index is 0. The average molecular weight is 545 g/mol. The predicted molar refractivity (Wildman–Crippen MR) is 131 cm³/mol. The number of rotatable bonds is 6. The third-order valence-corrected chi connectivity index (χ3v) is 6.30. The topological polar surface area (TPSA) is 73.6 Å². The van der Waals surface area contributed by atoms with Crippen LogP contribution in [0.4, 0.5) is 0 Å². The highest BCUT2D eigenvalue weighted by atomic mass is 127. The van der Waals surface area contributed by atoms with E-state index in [1.54, 1.807) is 6.26 Å². The van der Waals surface area contributed by atoms with Gasteiger partial charge in [-0.15, -0.1) is 24.0 Å². The van der Waals surface area contributed by atoms with Gasteiger partial charge in [-0.05, 0) is 57.8 Å². The van der Waals surface area contributed by atoms with Gasteiger partial charge in [-0.25, -0.2) is 0 Å². The second-order valence-corrected chi connectivity index (χ2v) is 8.28. The predicted octanol–water partition coefficient (Wildman–Crippen LogP) is 2.32. The Bertz CT molecular complexity index is 694. The van der Waals surface area contributed by atoms with Crippen molar-refractivity contribution in [3.8, 4) is 0 Å². The summed E-state index contributed by atoms with van der Waals surface area (Å²) in [5.74, 6) is 2.07. The normalized spacial score (nSPS) is 23.6. The first-order valence-corrected chi connectivity index (χ1v) is 11.5. The van der Waals surface area contributed by atoms with Crippen LogP contribution in [0.25, 0.3) is 0 Å². The maximum absolute atomic E-state index is 12.6. The third kappa shape index (κ3) is 6.13. The Balaban J connectivity index is 0.00000272.